The van der Waals surface area contributed by atoms with Crippen molar-refractivity contribution < 1.29 is 27.2 Å². The molecule has 0 saturated carbocycles. The molecule has 0 aliphatic heterocycles. The van der Waals surface area contributed by atoms with E-state index in [-0.39, 0.29) is 18.5 Å². The third-order valence-corrected chi connectivity index (χ3v) is 4.47. The highest BCUT2D eigenvalue weighted by Crippen LogP contribution is 2.28. The van der Waals surface area contributed by atoms with Crippen LogP contribution in [0, 0.1) is 6.92 Å². The van der Waals surface area contributed by atoms with Crippen LogP contribution in [0.4, 0.5) is 13.2 Å². The van der Waals surface area contributed by atoms with E-state index < -0.39 is 17.8 Å². The molecule has 0 unspecified atom stereocenters. The summed E-state index contributed by atoms with van der Waals surface area (Å²) in [5.41, 5.74) is -0.0451. The van der Waals surface area contributed by atoms with Gasteiger partial charge in [-0.05, 0) is 19.9 Å². The van der Waals surface area contributed by atoms with Crippen molar-refractivity contribution in [3.8, 4) is 17.4 Å². The second-order valence-corrected chi connectivity index (χ2v) is 6.69. The first kappa shape index (κ1) is 22.2. The summed E-state index contributed by atoms with van der Waals surface area (Å²) < 4.78 is 48.3. The van der Waals surface area contributed by atoms with Crippen LogP contribution in [-0.4, -0.2) is 50.1 Å². The molecule has 3 aromatic rings. The minimum Gasteiger partial charge on any atom is -0.461 e. The third kappa shape index (κ3) is 5.16. The van der Waals surface area contributed by atoms with Crippen molar-refractivity contribution in [2.24, 2.45) is 0 Å². The quantitative estimate of drug-likeness (QED) is 0.557. The van der Waals surface area contributed by atoms with Gasteiger partial charge in [0.15, 0.2) is 0 Å². The summed E-state index contributed by atoms with van der Waals surface area (Å²) in [4.78, 5) is 26.1. The molecule has 0 fully saturated rings. The molecule has 11 heteroatoms. The van der Waals surface area contributed by atoms with Gasteiger partial charge in [-0.3, -0.25) is 4.79 Å². The van der Waals surface area contributed by atoms with Gasteiger partial charge >= 0.3 is 12.2 Å². The van der Waals surface area contributed by atoms with E-state index in [0.29, 0.717) is 41.8 Å². The molecular formula is C20H20F3N5O3. The number of hydrogen-bond acceptors (Lipinski definition) is 7. The number of ether oxygens (including phenoxy) is 1. The fraction of sp³-hybridized carbons (Fsp3) is 0.350. The van der Waals surface area contributed by atoms with Gasteiger partial charge in [0.05, 0.1) is 17.2 Å². The number of likely N-dealkylation sites (N-methyl/N-ethyl adjacent to an activating group) is 1. The lowest BCUT2D eigenvalue weighted by molar-refractivity contribution is -0.138. The molecule has 0 N–H and O–H groups in total. The fourth-order valence-electron chi connectivity index (χ4n) is 2.91. The Morgan fingerprint density at radius 2 is 1.90 bits per heavy atom. The van der Waals surface area contributed by atoms with Crippen molar-refractivity contribution >= 4 is 5.91 Å². The van der Waals surface area contributed by atoms with Gasteiger partial charge in [0.25, 0.3) is 5.91 Å². The molecular weight excluding hydrogens is 415 g/mol. The van der Waals surface area contributed by atoms with E-state index in [9.17, 15) is 18.0 Å². The summed E-state index contributed by atoms with van der Waals surface area (Å²) >= 11 is 0. The maximum Gasteiger partial charge on any atom is 0.419 e. The van der Waals surface area contributed by atoms with E-state index in [1.807, 2.05) is 6.92 Å². The largest absolute Gasteiger partial charge is 0.461 e. The Bertz CT molecular complexity index is 1040. The van der Waals surface area contributed by atoms with Crippen LogP contribution in [-0.2, 0) is 6.18 Å². The van der Waals surface area contributed by atoms with E-state index in [4.69, 9.17) is 9.26 Å². The second-order valence-electron chi connectivity index (χ2n) is 6.69. The van der Waals surface area contributed by atoms with Gasteiger partial charge in [0.2, 0.25) is 11.7 Å². The number of benzene rings is 1. The number of nitrogens with zero attached hydrogens (tertiary/aromatic N) is 5. The molecule has 0 bridgehead atoms. The number of hydrogen-bond donors (Lipinski definition) is 0. The molecule has 2 heterocycles. The Kier molecular flexibility index (Phi) is 6.52. The number of alkyl halides is 3. The highest BCUT2D eigenvalue weighted by molar-refractivity contribution is 6.00. The summed E-state index contributed by atoms with van der Waals surface area (Å²) in [5, 5.41) is 3.88. The Hall–Kier alpha value is -3.50. The summed E-state index contributed by atoms with van der Waals surface area (Å²) in [7, 11) is 0. The zero-order valence-corrected chi connectivity index (χ0v) is 17.1. The lowest BCUT2D eigenvalue weighted by Crippen LogP contribution is -2.42. The van der Waals surface area contributed by atoms with Crippen molar-refractivity contribution in [2.45, 2.75) is 33.0 Å². The molecule has 0 radical (unpaired) electrons. The van der Waals surface area contributed by atoms with Gasteiger partial charge < -0.3 is 14.2 Å². The van der Waals surface area contributed by atoms with E-state index in [2.05, 4.69) is 20.1 Å². The summed E-state index contributed by atoms with van der Waals surface area (Å²) in [5.74, 6) is 0.410. The van der Waals surface area contributed by atoms with E-state index >= 15 is 0 Å². The molecule has 2 aromatic heterocycles. The van der Waals surface area contributed by atoms with Gasteiger partial charge in [0, 0.05) is 31.4 Å². The van der Waals surface area contributed by atoms with Gasteiger partial charge in [-0.15, -0.1) is 0 Å². The van der Waals surface area contributed by atoms with Crippen LogP contribution in [0.2, 0.25) is 0 Å². The lowest BCUT2D eigenvalue weighted by atomic mass is 10.0. The van der Waals surface area contributed by atoms with Gasteiger partial charge in [-0.1, -0.05) is 23.4 Å². The van der Waals surface area contributed by atoms with Crippen LogP contribution in [0.3, 0.4) is 0 Å². The first-order chi connectivity index (χ1) is 14.7. The topological polar surface area (TPSA) is 94.2 Å². The average Bonchev–Trinajstić information content (AvgIpc) is 3.18. The molecule has 1 atom stereocenters. The molecule has 31 heavy (non-hydrogen) atoms. The van der Waals surface area contributed by atoms with Crippen LogP contribution in [0.15, 0.2) is 41.2 Å². The predicted molar refractivity (Wildman–Crippen MR) is 103 cm³/mol. The molecule has 164 valence electrons. The monoisotopic (exact) mass is 435 g/mol. The Labute approximate surface area is 176 Å². The SMILES string of the molecule is CCN(C(=O)c1ccccc1-c1noc(C)n1)[C@@H](C)COc1ncc(C(F)(F)F)cn1. The summed E-state index contributed by atoms with van der Waals surface area (Å²) in [6.07, 6.45) is -3.22. The maximum absolute atomic E-state index is 13.2. The predicted octanol–water partition coefficient (Wildman–Crippen LogP) is 3.78. The maximum atomic E-state index is 13.2. The van der Waals surface area contributed by atoms with Gasteiger partial charge in [-0.2, -0.15) is 18.2 Å². The molecule has 3 rings (SSSR count). The molecule has 1 aromatic carbocycles. The number of carbonyl (C=O) groups is 1. The minimum atomic E-state index is -4.53. The standard InChI is InChI=1S/C20H20F3N5O3/c1-4-28(12(2)11-30-19-24-9-14(10-25-19)20(21,22)23)18(29)16-8-6-5-7-15(16)17-26-13(3)31-27-17/h5-10,12H,4,11H2,1-3H3/t12-/m0/s1. The van der Waals surface area contributed by atoms with E-state index in [1.54, 1.807) is 43.0 Å². The number of carbonyl (C=O) groups excluding carboxylic acids is 1. The zero-order valence-electron chi connectivity index (χ0n) is 17.1. The average molecular weight is 435 g/mol. The number of halogens is 3. The van der Waals surface area contributed by atoms with Gasteiger partial charge in [-0.25, -0.2) is 9.97 Å². The molecule has 1 amide bonds. The van der Waals surface area contributed by atoms with Crippen LogP contribution < -0.4 is 4.74 Å². The smallest absolute Gasteiger partial charge is 0.419 e. The summed E-state index contributed by atoms with van der Waals surface area (Å²) in [6, 6.07) is 6.27. The number of amides is 1. The van der Waals surface area contributed by atoms with Crippen molar-refractivity contribution in [2.75, 3.05) is 13.2 Å². The van der Waals surface area contributed by atoms with Crippen molar-refractivity contribution in [3.63, 3.8) is 0 Å². The molecule has 0 spiro atoms. The highest BCUT2D eigenvalue weighted by atomic mass is 19.4. The fourth-order valence-corrected chi connectivity index (χ4v) is 2.91. The van der Waals surface area contributed by atoms with E-state index in [1.165, 1.54) is 0 Å². The van der Waals surface area contributed by atoms with Crippen LogP contribution >= 0.6 is 0 Å². The number of rotatable bonds is 7. The summed E-state index contributed by atoms with van der Waals surface area (Å²) in [6.45, 7) is 5.59. The third-order valence-electron chi connectivity index (χ3n) is 4.47. The first-order valence-electron chi connectivity index (χ1n) is 9.43. The lowest BCUT2D eigenvalue weighted by Gasteiger charge is -2.28. The van der Waals surface area contributed by atoms with Crippen LogP contribution in [0.5, 0.6) is 6.01 Å². The molecule has 0 aliphatic carbocycles. The highest BCUT2D eigenvalue weighted by Gasteiger charge is 2.31. The van der Waals surface area contributed by atoms with Gasteiger partial charge in [0.1, 0.15) is 6.61 Å². The van der Waals surface area contributed by atoms with Crippen molar-refractivity contribution in [3.05, 3.63) is 53.7 Å². The van der Waals surface area contributed by atoms with Crippen molar-refractivity contribution in [1.82, 2.24) is 25.0 Å². The second kappa shape index (κ2) is 9.11. The minimum absolute atomic E-state index is 0.00553. The molecule has 0 aliphatic rings. The normalized spacial score (nSPS) is 12.5. The van der Waals surface area contributed by atoms with E-state index in [0.717, 1.165) is 0 Å². The number of aryl methyl sites for hydroxylation is 1. The van der Waals surface area contributed by atoms with Crippen molar-refractivity contribution in [1.29, 1.82) is 0 Å². The molecule has 8 nitrogen and oxygen atoms in total. The van der Waals surface area contributed by atoms with Crippen LogP contribution in [0.25, 0.3) is 11.4 Å². The Balaban J connectivity index is 1.72. The Morgan fingerprint density at radius 1 is 1.23 bits per heavy atom. The first-order valence-corrected chi connectivity index (χ1v) is 9.43. The van der Waals surface area contributed by atoms with Crippen LogP contribution in [0.1, 0.15) is 35.7 Å². The molecule has 0 saturated heterocycles. The zero-order chi connectivity index (χ0) is 22.6. The Morgan fingerprint density at radius 3 is 2.48 bits per heavy atom. The number of aromatic nitrogens is 4.